The van der Waals surface area contributed by atoms with Crippen LogP contribution in [0.25, 0.3) is 0 Å². The Kier molecular flexibility index (Phi) is 3.40. The zero-order valence-electron chi connectivity index (χ0n) is 9.11. The molecule has 88 valence electrons. The topological polar surface area (TPSA) is 64.3 Å². The molecule has 0 unspecified atom stereocenters. The molecule has 1 aromatic carbocycles. The second-order valence-corrected chi connectivity index (χ2v) is 3.61. The number of carbonyl (C=O) groups is 1. The van der Waals surface area contributed by atoms with Crippen molar-refractivity contribution in [3.8, 4) is 0 Å². The van der Waals surface area contributed by atoms with E-state index in [1.54, 1.807) is 12.5 Å². The molecule has 0 fully saturated rings. The molecule has 0 saturated carbocycles. The number of aromatic nitrogens is 2. The first kappa shape index (κ1) is 11.2. The Morgan fingerprint density at radius 1 is 1.29 bits per heavy atom. The Labute approximate surface area is 98.3 Å². The van der Waals surface area contributed by atoms with Crippen molar-refractivity contribution in [3.63, 3.8) is 0 Å². The number of carboxylic acid groups (broad SMARTS) is 1. The number of hydrogen-bond acceptors (Lipinski definition) is 3. The highest BCUT2D eigenvalue weighted by atomic mass is 16.7. The van der Waals surface area contributed by atoms with Crippen LogP contribution in [0, 0.1) is 0 Å². The van der Waals surface area contributed by atoms with Gasteiger partial charge < -0.3 is 14.4 Å². The number of hydrogen-bond donors (Lipinski definition) is 1. The van der Waals surface area contributed by atoms with Crippen LogP contribution in [0.15, 0.2) is 43.0 Å². The summed E-state index contributed by atoms with van der Waals surface area (Å²) in [6, 6.07) is 7.60. The molecule has 1 heterocycles. The lowest BCUT2D eigenvalue weighted by Gasteiger charge is -2.04. The number of imidazole rings is 1. The first-order chi connectivity index (χ1) is 8.24. The second kappa shape index (κ2) is 5.16. The minimum Gasteiger partial charge on any atom is -0.450 e. The van der Waals surface area contributed by atoms with Gasteiger partial charge in [-0.2, -0.15) is 0 Å². The van der Waals surface area contributed by atoms with Crippen LogP contribution in [-0.4, -0.2) is 20.8 Å². The number of rotatable bonds is 4. The Balaban J connectivity index is 1.95. The Morgan fingerprint density at radius 3 is 2.59 bits per heavy atom. The highest BCUT2D eigenvalue weighted by Crippen LogP contribution is 2.07. The summed E-state index contributed by atoms with van der Waals surface area (Å²) in [4.78, 5) is 14.2. The molecule has 0 spiro atoms. The van der Waals surface area contributed by atoms with Gasteiger partial charge >= 0.3 is 6.16 Å². The predicted octanol–water partition coefficient (Wildman–Crippen LogP) is 2.13. The molecule has 0 saturated heterocycles. The summed E-state index contributed by atoms with van der Waals surface area (Å²) >= 11 is 0. The molecule has 0 aliphatic rings. The van der Waals surface area contributed by atoms with E-state index in [9.17, 15) is 4.79 Å². The average Bonchev–Trinajstić information content (AvgIpc) is 2.81. The second-order valence-electron chi connectivity index (χ2n) is 3.61. The lowest BCUT2D eigenvalue weighted by atomic mass is 10.1. The lowest BCUT2D eigenvalue weighted by Crippen LogP contribution is -2.01. The monoisotopic (exact) mass is 232 g/mol. The molecule has 5 nitrogen and oxygen atoms in total. The Hall–Kier alpha value is -2.30. The fourth-order valence-electron chi connectivity index (χ4n) is 1.48. The lowest BCUT2D eigenvalue weighted by molar-refractivity contribution is 0.0854. The standard InChI is InChI=1S/C12H12N2O3/c15-12(16)17-8-11-3-1-10(2-4-11)7-14-6-5-13-9-14/h1-6,9H,7-8H2,(H,15,16). The van der Waals surface area contributed by atoms with Gasteiger partial charge in [0.2, 0.25) is 0 Å². The predicted molar refractivity (Wildman–Crippen MR) is 60.6 cm³/mol. The van der Waals surface area contributed by atoms with Crippen LogP contribution in [0.5, 0.6) is 0 Å². The van der Waals surface area contributed by atoms with Crippen molar-refractivity contribution in [2.75, 3.05) is 0 Å². The zero-order chi connectivity index (χ0) is 12.1. The van der Waals surface area contributed by atoms with Crippen molar-refractivity contribution < 1.29 is 14.6 Å². The highest BCUT2D eigenvalue weighted by Gasteiger charge is 1.99. The van der Waals surface area contributed by atoms with Crippen LogP contribution in [0.1, 0.15) is 11.1 Å². The number of benzene rings is 1. The van der Waals surface area contributed by atoms with E-state index in [4.69, 9.17) is 5.11 Å². The maximum absolute atomic E-state index is 10.2. The molecule has 2 aromatic rings. The summed E-state index contributed by atoms with van der Waals surface area (Å²) in [5, 5.41) is 8.37. The van der Waals surface area contributed by atoms with Gasteiger partial charge in [-0.05, 0) is 11.1 Å². The summed E-state index contributed by atoms with van der Waals surface area (Å²) in [5.74, 6) is 0. The molecule has 0 atom stereocenters. The molecular weight excluding hydrogens is 220 g/mol. The first-order valence-corrected chi connectivity index (χ1v) is 5.13. The Morgan fingerprint density at radius 2 is 2.00 bits per heavy atom. The maximum Gasteiger partial charge on any atom is 0.506 e. The molecule has 0 amide bonds. The highest BCUT2D eigenvalue weighted by molar-refractivity contribution is 5.56. The first-order valence-electron chi connectivity index (χ1n) is 5.13. The van der Waals surface area contributed by atoms with Gasteiger partial charge in [0.25, 0.3) is 0 Å². The fraction of sp³-hybridized carbons (Fsp3) is 0.167. The third-order valence-electron chi connectivity index (χ3n) is 2.31. The van der Waals surface area contributed by atoms with E-state index in [2.05, 4.69) is 9.72 Å². The van der Waals surface area contributed by atoms with E-state index in [0.29, 0.717) is 0 Å². The third kappa shape index (κ3) is 3.34. The summed E-state index contributed by atoms with van der Waals surface area (Å²) in [6.07, 6.45) is 4.12. The van der Waals surface area contributed by atoms with Crippen LogP contribution in [-0.2, 0) is 17.9 Å². The SMILES string of the molecule is O=C(O)OCc1ccc(Cn2ccnc2)cc1. The van der Waals surface area contributed by atoms with Gasteiger partial charge in [-0.3, -0.25) is 0 Å². The fourth-order valence-corrected chi connectivity index (χ4v) is 1.48. The van der Waals surface area contributed by atoms with Gasteiger partial charge in [-0.1, -0.05) is 24.3 Å². The van der Waals surface area contributed by atoms with Gasteiger partial charge in [0.15, 0.2) is 0 Å². The van der Waals surface area contributed by atoms with Crippen molar-refractivity contribution in [2.24, 2.45) is 0 Å². The Bertz CT molecular complexity index is 477. The van der Waals surface area contributed by atoms with Crippen molar-refractivity contribution in [1.82, 2.24) is 9.55 Å². The van der Waals surface area contributed by atoms with Crippen molar-refractivity contribution in [3.05, 3.63) is 54.1 Å². The van der Waals surface area contributed by atoms with Crippen molar-refractivity contribution in [2.45, 2.75) is 13.2 Å². The summed E-state index contributed by atoms with van der Waals surface area (Å²) in [6.45, 7) is 0.834. The van der Waals surface area contributed by atoms with Gasteiger partial charge in [0.05, 0.1) is 6.33 Å². The van der Waals surface area contributed by atoms with E-state index in [-0.39, 0.29) is 6.61 Å². The molecular formula is C12H12N2O3. The maximum atomic E-state index is 10.2. The largest absolute Gasteiger partial charge is 0.506 e. The van der Waals surface area contributed by atoms with Gasteiger partial charge in [-0.15, -0.1) is 0 Å². The minimum absolute atomic E-state index is 0.0840. The van der Waals surface area contributed by atoms with E-state index in [1.807, 2.05) is 35.0 Å². The smallest absolute Gasteiger partial charge is 0.450 e. The molecule has 1 N–H and O–H groups in total. The van der Waals surface area contributed by atoms with Crippen LogP contribution in [0.3, 0.4) is 0 Å². The van der Waals surface area contributed by atoms with E-state index >= 15 is 0 Å². The van der Waals surface area contributed by atoms with Crippen LogP contribution >= 0.6 is 0 Å². The summed E-state index contributed by atoms with van der Waals surface area (Å²) in [7, 11) is 0. The van der Waals surface area contributed by atoms with Crippen LogP contribution in [0.2, 0.25) is 0 Å². The van der Waals surface area contributed by atoms with Gasteiger partial charge in [0, 0.05) is 18.9 Å². The summed E-state index contributed by atoms with van der Waals surface area (Å²) in [5.41, 5.74) is 1.96. The molecule has 17 heavy (non-hydrogen) atoms. The van der Waals surface area contributed by atoms with Crippen LogP contribution in [0.4, 0.5) is 4.79 Å². The molecule has 1 aromatic heterocycles. The number of nitrogens with zero attached hydrogens (tertiary/aromatic N) is 2. The molecule has 0 radical (unpaired) electrons. The average molecular weight is 232 g/mol. The van der Waals surface area contributed by atoms with E-state index in [1.165, 1.54) is 0 Å². The number of ether oxygens (including phenoxy) is 1. The summed E-state index contributed by atoms with van der Waals surface area (Å²) < 4.78 is 6.44. The minimum atomic E-state index is -1.26. The molecule has 0 aliphatic heterocycles. The van der Waals surface area contributed by atoms with E-state index in [0.717, 1.165) is 17.7 Å². The normalized spacial score (nSPS) is 10.1. The molecule has 2 rings (SSSR count). The van der Waals surface area contributed by atoms with Crippen molar-refractivity contribution in [1.29, 1.82) is 0 Å². The third-order valence-corrected chi connectivity index (χ3v) is 2.31. The quantitative estimate of drug-likeness (QED) is 0.820. The zero-order valence-corrected chi connectivity index (χ0v) is 9.11. The molecule has 5 heteroatoms. The van der Waals surface area contributed by atoms with Gasteiger partial charge in [0.1, 0.15) is 6.61 Å². The van der Waals surface area contributed by atoms with Crippen molar-refractivity contribution >= 4 is 6.16 Å². The van der Waals surface area contributed by atoms with Gasteiger partial charge in [-0.25, -0.2) is 9.78 Å². The molecule has 0 aliphatic carbocycles. The molecule has 0 bridgehead atoms. The van der Waals surface area contributed by atoms with Crippen LogP contribution < -0.4 is 0 Å². The van der Waals surface area contributed by atoms with E-state index < -0.39 is 6.16 Å².